The molecule has 0 aliphatic rings. The Labute approximate surface area is 195 Å². The topological polar surface area (TPSA) is 70.5 Å². The van der Waals surface area contributed by atoms with Crippen LogP contribution in [0.15, 0.2) is 48.5 Å². The Morgan fingerprint density at radius 2 is 1.81 bits per heavy atom. The molecule has 0 bridgehead atoms. The number of carbonyl (C=O) groups is 2. The molecule has 0 saturated heterocycles. The first-order chi connectivity index (χ1) is 14.7. The first-order valence-corrected chi connectivity index (χ1v) is 11.3. The number of thiazole rings is 1. The van der Waals surface area contributed by atoms with E-state index >= 15 is 0 Å². The van der Waals surface area contributed by atoms with Gasteiger partial charge in [-0.15, -0.1) is 11.3 Å². The molecule has 162 valence electrons. The lowest BCUT2D eigenvalue weighted by atomic mass is 10.0. The molecule has 0 atom stereocenters. The number of carbonyl (C=O) groups excluding carboxylic acids is 1. The highest BCUT2D eigenvalue weighted by Gasteiger charge is 2.25. The molecular formula is C23H22Cl2N2O3S. The van der Waals surface area contributed by atoms with Crippen LogP contribution in [0.25, 0.3) is 11.3 Å². The fourth-order valence-corrected chi connectivity index (χ4v) is 4.69. The third kappa shape index (κ3) is 6.06. The van der Waals surface area contributed by atoms with Gasteiger partial charge in [0.1, 0.15) is 6.42 Å². The number of carboxylic acid groups (broad SMARTS) is 1. The Bertz CT molecular complexity index is 1080. The van der Waals surface area contributed by atoms with E-state index in [0.717, 1.165) is 28.1 Å². The van der Waals surface area contributed by atoms with Gasteiger partial charge in [0.05, 0.1) is 22.3 Å². The van der Waals surface area contributed by atoms with Gasteiger partial charge in [0.25, 0.3) is 0 Å². The molecule has 1 amide bonds. The van der Waals surface area contributed by atoms with Crippen molar-refractivity contribution in [3.05, 3.63) is 69.0 Å². The Kier molecular flexibility index (Phi) is 7.70. The molecule has 1 N–H and O–H groups in total. The van der Waals surface area contributed by atoms with Crippen molar-refractivity contribution in [3.8, 4) is 11.3 Å². The van der Waals surface area contributed by atoms with Gasteiger partial charge in [0.2, 0.25) is 5.91 Å². The molecule has 0 aliphatic carbocycles. The number of nitrogens with zero attached hydrogens (tertiary/aromatic N) is 2. The summed E-state index contributed by atoms with van der Waals surface area (Å²) in [6, 6.07) is 14.7. The lowest BCUT2D eigenvalue weighted by Crippen LogP contribution is -2.31. The van der Waals surface area contributed by atoms with Crippen LogP contribution in [0.1, 0.15) is 30.7 Å². The van der Waals surface area contributed by atoms with Gasteiger partial charge in [-0.05, 0) is 30.0 Å². The van der Waals surface area contributed by atoms with E-state index in [1.54, 1.807) is 12.1 Å². The smallest absolute Gasteiger partial charge is 0.312 e. The molecule has 5 nitrogen and oxygen atoms in total. The number of halogens is 2. The monoisotopic (exact) mass is 476 g/mol. The van der Waals surface area contributed by atoms with Gasteiger partial charge in [-0.2, -0.15) is 0 Å². The summed E-state index contributed by atoms with van der Waals surface area (Å²) >= 11 is 13.7. The molecule has 0 saturated carbocycles. The van der Waals surface area contributed by atoms with Crippen LogP contribution >= 0.6 is 34.5 Å². The van der Waals surface area contributed by atoms with E-state index in [2.05, 4.69) is 13.8 Å². The molecule has 0 aliphatic heterocycles. The van der Waals surface area contributed by atoms with Crippen LogP contribution in [-0.4, -0.2) is 22.0 Å². The normalized spacial score (nSPS) is 11.0. The molecule has 3 rings (SSSR count). The summed E-state index contributed by atoms with van der Waals surface area (Å²) in [5.41, 5.74) is 2.42. The van der Waals surface area contributed by atoms with E-state index in [1.807, 2.05) is 36.4 Å². The van der Waals surface area contributed by atoms with Crippen molar-refractivity contribution >= 4 is 51.5 Å². The molecule has 31 heavy (non-hydrogen) atoms. The Morgan fingerprint density at radius 1 is 1.10 bits per heavy atom. The van der Waals surface area contributed by atoms with E-state index in [1.165, 1.54) is 16.2 Å². The summed E-state index contributed by atoms with van der Waals surface area (Å²) in [5, 5.41) is 10.5. The van der Waals surface area contributed by atoms with Crippen molar-refractivity contribution in [1.29, 1.82) is 0 Å². The summed E-state index contributed by atoms with van der Waals surface area (Å²) in [4.78, 5) is 31.2. The third-order valence-corrected chi connectivity index (χ3v) is 6.33. The van der Waals surface area contributed by atoms with Crippen LogP contribution in [0.5, 0.6) is 0 Å². The van der Waals surface area contributed by atoms with Crippen molar-refractivity contribution in [2.75, 3.05) is 4.90 Å². The minimum Gasteiger partial charge on any atom is -0.481 e. The quantitative estimate of drug-likeness (QED) is 0.385. The van der Waals surface area contributed by atoms with Crippen molar-refractivity contribution in [1.82, 2.24) is 4.98 Å². The van der Waals surface area contributed by atoms with Crippen molar-refractivity contribution in [2.45, 2.75) is 33.2 Å². The number of carboxylic acids is 1. The van der Waals surface area contributed by atoms with E-state index in [0.29, 0.717) is 21.1 Å². The summed E-state index contributed by atoms with van der Waals surface area (Å²) in [7, 11) is 0. The minimum atomic E-state index is -1.17. The lowest BCUT2D eigenvalue weighted by molar-refractivity contribution is -0.140. The second kappa shape index (κ2) is 10.3. The van der Waals surface area contributed by atoms with Gasteiger partial charge < -0.3 is 5.11 Å². The standard InChI is InChI=1S/C23H22Cl2N2O3S/c1-14(2)10-19-22(16-8-9-17(24)18(25)11-16)26-23(31-19)27(20(28)12-21(29)30)13-15-6-4-3-5-7-15/h3-9,11,14H,10,12-13H2,1-2H3,(H,29,30). The maximum atomic E-state index is 12.8. The maximum absolute atomic E-state index is 12.8. The van der Waals surface area contributed by atoms with Crippen LogP contribution in [0.3, 0.4) is 0 Å². The predicted molar refractivity (Wildman–Crippen MR) is 126 cm³/mol. The van der Waals surface area contributed by atoms with Crippen molar-refractivity contribution in [3.63, 3.8) is 0 Å². The molecule has 3 aromatic rings. The molecule has 0 fully saturated rings. The molecule has 0 unspecified atom stereocenters. The predicted octanol–water partition coefficient (Wildman–Crippen LogP) is 6.32. The summed E-state index contributed by atoms with van der Waals surface area (Å²) in [5.74, 6) is -1.32. The molecule has 8 heteroatoms. The largest absolute Gasteiger partial charge is 0.481 e. The van der Waals surface area contributed by atoms with Gasteiger partial charge in [-0.25, -0.2) is 4.98 Å². The number of anilines is 1. The molecule has 1 aromatic heterocycles. The molecule has 0 radical (unpaired) electrons. The molecule has 1 heterocycles. The fraction of sp³-hybridized carbons (Fsp3) is 0.261. The number of aromatic nitrogens is 1. The Morgan fingerprint density at radius 3 is 2.42 bits per heavy atom. The molecule has 0 spiro atoms. The van der Waals surface area contributed by atoms with E-state index in [9.17, 15) is 9.59 Å². The zero-order valence-electron chi connectivity index (χ0n) is 17.1. The Balaban J connectivity index is 2.07. The average molecular weight is 477 g/mol. The summed E-state index contributed by atoms with van der Waals surface area (Å²) in [6.45, 7) is 4.45. The van der Waals surface area contributed by atoms with Crippen molar-refractivity contribution in [2.24, 2.45) is 5.92 Å². The van der Waals surface area contributed by atoms with Crippen molar-refractivity contribution < 1.29 is 14.7 Å². The molecule has 2 aromatic carbocycles. The molecular weight excluding hydrogens is 455 g/mol. The first-order valence-electron chi connectivity index (χ1n) is 9.75. The van der Waals surface area contributed by atoms with Crippen LogP contribution in [0.4, 0.5) is 5.13 Å². The summed E-state index contributed by atoms with van der Waals surface area (Å²) < 4.78 is 0. The van der Waals surface area contributed by atoms with E-state index in [-0.39, 0.29) is 6.54 Å². The van der Waals surface area contributed by atoms with Gasteiger partial charge in [0, 0.05) is 10.4 Å². The van der Waals surface area contributed by atoms with Crippen LogP contribution in [0, 0.1) is 5.92 Å². The zero-order valence-corrected chi connectivity index (χ0v) is 19.5. The van der Waals surface area contributed by atoms with Crippen LogP contribution < -0.4 is 4.90 Å². The highest BCUT2D eigenvalue weighted by atomic mass is 35.5. The maximum Gasteiger partial charge on any atom is 0.312 e. The second-order valence-electron chi connectivity index (χ2n) is 7.53. The number of hydrogen-bond donors (Lipinski definition) is 1. The number of hydrogen-bond acceptors (Lipinski definition) is 4. The average Bonchev–Trinajstić information content (AvgIpc) is 3.11. The summed E-state index contributed by atoms with van der Waals surface area (Å²) in [6.07, 6.45) is 0.160. The highest BCUT2D eigenvalue weighted by molar-refractivity contribution is 7.16. The van der Waals surface area contributed by atoms with Crippen LogP contribution in [0.2, 0.25) is 10.0 Å². The minimum absolute atomic E-state index is 0.238. The number of amides is 1. The van der Waals surface area contributed by atoms with E-state index in [4.69, 9.17) is 33.3 Å². The highest BCUT2D eigenvalue weighted by Crippen LogP contribution is 2.37. The van der Waals surface area contributed by atoms with Gasteiger partial charge in [-0.1, -0.05) is 73.4 Å². The number of aliphatic carboxylic acids is 1. The second-order valence-corrected chi connectivity index (χ2v) is 9.41. The third-order valence-electron chi connectivity index (χ3n) is 4.49. The fourth-order valence-electron chi connectivity index (χ4n) is 3.09. The Hall–Kier alpha value is -2.41. The lowest BCUT2D eigenvalue weighted by Gasteiger charge is -2.19. The SMILES string of the molecule is CC(C)Cc1sc(N(Cc2ccccc2)C(=O)CC(=O)O)nc1-c1ccc(Cl)c(Cl)c1. The number of rotatable bonds is 8. The van der Waals surface area contributed by atoms with Gasteiger partial charge in [0.15, 0.2) is 5.13 Å². The van der Waals surface area contributed by atoms with Gasteiger partial charge in [-0.3, -0.25) is 14.5 Å². The van der Waals surface area contributed by atoms with E-state index < -0.39 is 18.3 Å². The first kappa shape index (κ1) is 23.3. The zero-order chi connectivity index (χ0) is 22.5. The van der Waals surface area contributed by atoms with Gasteiger partial charge >= 0.3 is 5.97 Å². The number of benzene rings is 2. The van der Waals surface area contributed by atoms with Crippen LogP contribution in [-0.2, 0) is 22.6 Å².